The zero-order chi connectivity index (χ0) is 23.8. The van der Waals surface area contributed by atoms with E-state index in [0.29, 0.717) is 18.5 Å². The zero-order valence-electron chi connectivity index (χ0n) is 19.2. The Balaban J connectivity index is 1.58. The zero-order valence-corrected chi connectivity index (χ0v) is 19.2. The molecule has 5 nitrogen and oxygen atoms in total. The molecule has 1 atom stereocenters. The van der Waals surface area contributed by atoms with Crippen LogP contribution in [0.3, 0.4) is 0 Å². The lowest BCUT2D eigenvalue weighted by Crippen LogP contribution is -2.31. The number of nitrogens with zero attached hydrogens (tertiary/aromatic N) is 1. The third-order valence-electron chi connectivity index (χ3n) is 6.63. The molecule has 3 aromatic carbocycles. The first-order valence-electron chi connectivity index (χ1n) is 11.4. The molecular weight excluding hydrogens is 424 g/mol. The Morgan fingerprint density at radius 1 is 0.941 bits per heavy atom. The van der Waals surface area contributed by atoms with Gasteiger partial charge in [0.15, 0.2) is 0 Å². The second-order valence-corrected chi connectivity index (χ2v) is 8.83. The smallest absolute Gasteiger partial charge is 0.295 e. The summed E-state index contributed by atoms with van der Waals surface area (Å²) in [5, 5.41) is 12.4. The molecule has 1 unspecified atom stereocenters. The fraction of sp³-hybridized carbons (Fsp3) is 0.172. The van der Waals surface area contributed by atoms with Gasteiger partial charge in [-0.25, -0.2) is 0 Å². The van der Waals surface area contributed by atoms with Crippen molar-refractivity contribution in [2.45, 2.75) is 26.3 Å². The van der Waals surface area contributed by atoms with Gasteiger partial charge in [0.05, 0.1) is 11.6 Å². The number of para-hydroxylation sites is 1. The molecule has 1 amide bonds. The number of carbonyl (C=O) groups excluding carboxylic acids is 2. The SMILES string of the molecule is Cc1ccc(C2C(=C(O)c3ccccc3C)C(=O)C(=O)N2CCc2c[nH]c3ccccc23)cc1. The predicted octanol–water partition coefficient (Wildman–Crippen LogP) is 5.45. The molecule has 34 heavy (non-hydrogen) atoms. The number of nitrogens with one attached hydrogen (secondary N) is 1. The summed E-state index contributed by atoms with van der Waals surface area (Å²) in [7, 11) is 0. The third kappa shape index (κ3) is 3.69. The van der Waals surface area contributed by atoms with Crippen LogP contribution < -0.4 is 0 Å². The molecule has 0 radical (unpaired) electrons. The Hall–Kier alpha value is -4.12. The second-order valence-electron chi connectivity index (χ2n) is 8.83. The number of fused-ring (bicyclic) bond motifs is 1. The van der Waals surface area contributed by atoms with E-state index in [1.165, 1.54) is 0 Å². The van der Waals surface area contributed by atoms with Gasteiger partial charge in [-0.2, -0.15) is 0 Å². The number of H-pyrrole nitrogens is 1. The maximum atomic E-state index is 13.3. The first-order chi connectivity index (χ1) is 16.5. The van der Waals surface area contributed by atoms with Crippen molar-refractivity contribution in [2.75, 3.05) is 6.54 Å². The number of aryl methyl sites for hydroxylation is 2. The molecule has 5 heteroatoms. The number of aliphatic hydroxyl groups is 1. The first kappa shape index (κ1) is 21.7. The lowest BCUT2D eigenvalue weighted by atomic mass is 9.93. The van der Waals surface area contributed by atoms with E-state index in [0.717, 1.165) is 33.2 Å². The molecule has 1 aromatic heterocycles. The number of Topliss-reactive ketones (excluding diaryl/α,β-unsaturated/α-hetero) is 1. The van der Waals surface area contributed by atoms with Crippen LogP contribution >= 0.6 is 0 Å². The van der Waals surface area contributed by atoms with E-state index in [9.17, 15) is 14.7 Å². The number of likely N-dealkylation sites (tertiary alicyclic amines) is 1. The molecule has 1 aliphatic heterocycles. The minimum Gasteiger partial charge on any atom is -0.507 e. The average molecular weight is 451 g/mol. The van der Waals surface area contributed by atoms with Crippen LogP contribution in [0.5, 0.6) is 0 Å². The fourth-order valence-corrected chi connectivity index (χ4v) is 4.77. The van der Waals surface area contributed by atoms with Crippen molar-refractivity contribution in [2.24, 2.45) is 0 Å². The Morgan fingerprint density at radius 3 is 2.41 bits per heavy atom. The molecule has 2 heterocycles. The number of aromatic amines is 1. The van der Waals surface area contributed by atoms with Gasteiger partial charge in [-0.05, 0) is 43.0 Å². The van der Waals surface area contributed by atoms with Gasteiger partial charge in [-0.1, -0.05) is 72.3 Å². The lowest BCUT2D eigenvalue weighted by molar-refractivity contribution is -0.139. The molecule has 2 N–H and O–H groups in total. The maximum absolute atomic E-state index is 13.3. The van der Waals surface area contributed by atoms with Gasteiger partial charge in [0.25, 0.3) is 11.7 Å². The third-order valence-corrected chi connectivity index (χ3v) is 6.63. The highest BCUT2D eigenvalue weighted by molar-refractivity contribution is 6.46. The van der Waals surface area contributed by atoms with Crippen LogP contribution in [0.2, 0.25) is 0 Å². The summed E-state index contributed by atoms with van der Waals surface area (Å²) >= 11 is 0. The van der Waals surface area contributed by atoms with Crippen molar-refractivity contribution < 1.29 is 14.7 Å². The van der Waals surface area contributed by atoms with E-state index in [2.05, 4.69) is 4.98 Å². The number of ketones is 1. The Kier molecular flexibility index (Phi) is 5.54. The Morgan fingerprint density at radius 2 is 1.65 bits per heavy atom. The van der Waals surface area contributed by atoms with Crippen LogP contribution in [-0.2, 0) is 16.0 Å². The van der Waals surface area contributed by atoms with Crippen LogP contribution in [0, 0.1) is 13.8 Å². The second kappa shape index (κ2) is 8.67. The van der Waals surface area contributed by atoms with Gasteiger partial charge in [0, 0.05) is 29.2 Å². The van der Waals surface area contributed by atoms with Crippen LogP contribution in [0.4, 0.5) is 0 Å². The number of rotatable bonds is 5. The summed E-state index contributed by atoms with van der Waals surface area (Å²) < 4.78 is 0. The first-order valence-corrected chi connectivity index (χ1v) is 11.4. The van der Waals surface area contributed by atoms with Gasteiger partial charge in [0.2, 0.25) is 0 Å². The van der Waals surface area contributed by atoms with Crippen molar-refractivity contribution in [3.63, 3.8) is 0 Å². The van der Waals surface area contributed by atoms with E-state index in [1.54, 1.807) is 11.0 Å². The van der Waals surface area contributed by atoms with Crippen molar-refractivity contribution in [3.05, 3.63) is 112 Å². The maximum Gasteiger partial charge on any atom is 0.295 e. The van der Waals surface area contributed by atoms with Gasteiger partial charge < -0.3 is 15.0 Å². The molecule has 170 valence electrons. The minimum atomic E-state index is -0.648. The molecule has 1 saturated heterocycles. The molecule has 0 spiro atoms. The highest BCUT2D eigenvalue weighted by Crippen LogP contribution is 2.40. The summed E-state index contributed by atoms with van der Waals surface area (Å²) in [5.74, 6) is -1.36. The molecular formula is C29H26N2O3. The van der Waals surface area contributed by atoms with Crippen LogP contribution in [-0.4, -0.2) is 33.2 Å². The van der Waals surface area contributed by atoms with Gasteiger partial charge in [-0.15, -0.1) is 0 Å². The Bertz CT molecular complexity index is 1430. The molecule has 0 aliphatic carbocycles. The number of hydrogen-bond acceptors (Lipinski definition) is 3. The topological polar surface area (TPSA) is 73.4 Å². The number of aliphatic hydroxyl groups excluding tert-OH is 1. The molecule has 1 fully saturated rings. The minimum absolute atomic E-state index is 0.128. The standard InChI is InChI=1S/C29H26N2O3/c1-18-11-13-20(14-12-18)26-25(27(32)22-8-4-3-7-19(22)2)28(33)29(34)31(26)16-15-21-17-30-24-10-6-5-9-23(21)24/h3-14,17,26,30,32H,15-16H2,1-2H3. The Labute approximate surface area is 198 Å². The van der Waals surface area contributed by atoms with E-state index in [1.807, 2.05) is 86.8 Å². The fourth-order valence-electron chi connectivity index (χ4n) is 4.77. The highest BCUT2D eigenvalue weighted by Gasteiger charge is 2.45. The van der Waals surface area contributed by atoms with Gasteiger partial charge >= 0.3 is 0 Å². The average Bonchev–Trinajstić information content (AvgIpc) is 3.37. The molecule has 0 saturated carbocycles. The van der Waals surface area contributed by atoms with E-state index in [-0.39, 0.29) is 11.3 Å². The summed E-state index contributed by atoms with van der Waals surface area (Å²) in [6, 6.07) is 22.5. The summed E-state index contributed by atoms with van der Waals surface area (Å²) in [6.45, 7) is 4.23. The van der Waals surface area contributed by atoms with E-state index >= 15 is 0 Å². The van der Waals surface area contributed by atoms with E-state index < -0.39 is 17.7 Å². The number of carbonyl (C=O) groups is 2. The quantitative estimate of drug-likeness (QED) is 0.241. The van der Waals surface area contributed by atoms with Crippen molar-refractivity contribution >= 4 is 28.4 Å². The number of amides is 1. The van der Waals surface area contributed by atoms with Crippen molar-refractivity contribution in [1.82, 2.24) is 9.88 Å². The molecule has 4 aromatic rings. The number of aromatic nitrogens is 1. The summed E-state index contributed by atoms with van der Waals surface area (Å²) in [6.07, 6.45) is 2.54. The predicted molar refractivity (Wildman–Crippen MR) is 133 cm³/mol. The molecule has 0 bridgehead atoms. The summed E-state index contributed by atoms with van der Waals surface area (Å²) in [5.41, 5.74) is 5.55. The molecule has 1 aliphatic rings. The normalized spacial score (nSPS) is 17.6. The number of benzene rings is 3. The monoisotopic (exact) mass is 450 g/mol. The van der Waals surface area contributed by atoms with Gasteiger partial charge in [-0.3, -0.25) is 9.59 Å². The van der Waals surface area contributed by atoms with Crippen LogP contribution in [0.25, 0.3) is 16.7 Å². The van der Waals surface area contributed by atoms with Crippen LogP contribution in [0.1, 0.15) is 33.9 Å². The highest BCUT2D eigenvalue weighted by atomic mass is 16.3. The number of hydrogen-bond donors (Lipinski definition) is 2. The van der Waals surface area contributed by atoms with E-state index in [4.69, 9.17) is 0 Å². The lowest BCUT2D eigenvalue weighted by Gasteiger charge is -2.25. The van der Waals surface area contributed by atoms with Crippen molar-refractivity contribution in [1.29, 1.82) is 0 Å². The molecule has 5 rings (SSSR count). The summed E-state index contributed by atoms with van der Waals surface area (Å²) in [4.78, 5) is 31.3. The van der Waals surface area contributed by atoms with Crippen molar-refractivity contribution in [3.8, 4) is 0 Å². The van der Waals surface area contributed by atoms with Gasteiger partial charge in [0.1, 0.15) is 5.76 Å². The van der Waals surface area contributed by atoms with Crippen LogP contribution in [0.15, 0.2) is 84.6 Å². The largest absolute Gasteiger partial charge is 0.507 e.